The minimum atomic E-state index is 0.792. The van der Waals surface area contributed by atoms with Crippen molar-refractivity contribution in [1.29, 1.82) is 0 Å². The van der Waals surface area contributed by atoms with E-state index in [2.05, 4.69) is 50.9 Å². The lowest BCUT2D eigenvalue weighted by molar-refractivity contribution is 0.478. The molecule has 0 N–H and O–H groups in total. The van der Waals surface area contributed by atoms with Gasteiger partial charge in [-0.25, -0.2) is 0 Å². The quantitative estimate of drug-likeness (QED) is 0.665. The molecule has 0 aliphatic rings. The normalized spacial score (nSPS) is 10.3. The van der Waals surface area contributed by atoms with E-state index in [1.165, 1.54) is 5.56 Å². The molecule has 2 aromatic carbocycles. The number of ether oxygens (including phenoxy) is 1. The second kappa shape index (κ2) is 5.69. The molecule has 2 aromatic rings. The molecule has 0 saturated heterocycles. The van der Waals surface area contributed by atoms with Crippen LogP contribution in [0.5, 0.6) is 11.5 Å². The summed E-state index contributed by atoms with van der Waals surface area (Å²) < 4.78 is 6.91. The summed E-state index contributed by atoms with van der Waals surface area (Å²) in [6.07, 6.45) is 0. The van der Waals surface area contributed by atoms with Gasteiger partial charge in [-0.05, 0) is 37.3 Å². The molecule has 88 valence electrons. The van der Waals surface area contributed by atoms with Gasteiger partial charge in [0.05, 0.1) is 0 Å². The largest absolute Gasteiger partial charge is 0.457 e. The van der Waals surface area contributed by atoms with Crippen LogP contribution >= 0.6 is 31.9 Å². The minimum absolute atomic E-state index is 0.792. The SMILES string of the molecule is Cc1ccc(Oc2ccc(Br)cc2)c(CBr)c1. The first-order chi connectivity index (χ1) is 8.19. The Morgan fingerprint density at radius 2 is 1.76 bits per heavy atom. The third-order valence-corrected chi connectivity index (χ3v) is 3.53. The van der Waals surface area contributed by atoms with E-state index in [1.807, 2.05) is 30.3 Å². The molecule has 0 spiro atoms. The Morgan fingerprint density at radius 1 is 1.06 bits per heavy atom. The van der Waals surface area contributed by atoms with Crippen molar-refractivity contribution in [3.05, 3.63) is 58.1 Å². The zero-order valence-electron chi connectivity index (χ0n) is 9.41. The van der Waals surface area contributed by atoms with E-state index in [9.17, 15) is 0 Å². The number of alkyl halides is 1. The van der Waals surface area contributed by atoms with Gasteiger partial charge in [-0.1, -0.05) is 49.6 Å². The van der Waals surface area contributed by atoms with E-state index in [0.29, 0.717) is 0 Å². The number of rotatable bonds is 3. The van der Waals surface area contributed by atoms with Crippen LogP contribution in [0.15, 0.2) is 46.9 Å². The maximum Gasteiger partial charge on any atom is 0.131 e. The Labute approximate surface area is 118 Å². The van der Waals surface area contributed by atoms with Crippen LogP contribution in [0.4, 0.5) is 0 Å². The van der Waals surface area contributed by atoms with Crippen LogP contribution in [-0.2, 0) is 5.33 Å². The molecule has 0 atom stereocenters. The average Bonchev–Trinajstić information content (AvgIpc) is 2.34. The van der Waals surface area contributed by atoms with Crippen LogP contribution < -0.4 is 4.74 Å². The molecule has 1 nitrogen and oxygen atoms in total. The van der Waals surface area contributed by atoms with Crippen molar-refractivity contribution >= 4 is 31.9 Å². The van der Waals surface area contributed by atoms with Crippen molar-refractivity contribution in [2.75, 3.05) is 0 Å². The fourth-order valence-corrected chi connectivity index (χ4v) is 2.24. The van der Waals surface area contributed by atoms with E-state index in [1.54, 1.807) is 0 Å². The zero-order chi connectivity index (χ0) is 12.3. The van der Waals surface area contributed by atoms with Gasteiger partial charge in [-0.15, -0.1) is 0 Å². The maximum atomic E-state index is 5.86. The summed E-state index contributed by atoms with van der Waals surface area (Å²) in [5, 5.41) is 0.792. The lowest BCUT2D eigenvalue weighted by Gasteiger charge is -2.10. The minimum Gasteiger partial charge on any atom is -0.457 e. The Kier molecular flexibility index (Phi) is 4.24. The Hall–Kier alpha value is -0.800. The van der Waals surface area contributed by atoms with Gasteiger partial charge in [0.15, 0.2) is 0 Å². The number of aryl methyl sites for hydroxylation is 1. The van der Waals surface area contributed by atoms with Gasteiger partial charge in [0.25, 0.3) is 0 Å². The van der Waals surface area contributed by atoms with Crippen LogP contribution in [0.2, 0.25) is 0 Å². The molecule has 0 amide bonds. The predicted molar refractivity (Wildman–Crippen MR) is 78.0 cm³/mol. The van der Waals surface area contributed by atoms with Gasteiger partial charge in [0.1, 0.15) is 11.5 Å². The molecule has 3 heteroatoms. The summed E-state index contributed by atoms with van der Waals surface area (Å²) in [6.45, 7) is 2.08. The molecule has 17 heavy (non-hydrogen) atoms. The first kappa shape index (κ1) is 12.7. The first-order valence-corrected chi connectivity index (χ1v) is 7.19. The third-order valence-electron chi connectivity index (χ3n) is 2.40. The van der Waals surface area contributed by atoms with Gasteiger partial charge in [0.2, 0.25) is 0 Å². The monoisotopic (exact) mass is 354 g/mol. The fourth-order valence-electron chi connectivity index (χ4n) is 1.54. The lowest BCUT2D eigenvalue weighted by Crippen LogP contribution is -1.90. The molecular weight excluding hydrogens is 344 g/mol. The predicted octanol–water partition coefficient (Wildman–Crippen LogP) is 5.44. The van der Waals surface area contributed by atoms with Gasteiger partial charge in [0, 0.05) is 15.4 Å². The highest BCUT2D eigenvalue weighted by Gasteiger charge is 2.04. The van der Waals surface area contributed by atoms with E-state index in [0.717, 1.165) is 26.9 Å². The summed E-state index contributed by atoms with van der Waals surface area (Å²) in [7, 11) is 0. The highest BCUT2D eigenvalue weighted by molar-refractivity contribution is 9.10. The Morgan fingerprint density at radius 3 is 2.41 bits per heavy atom. The fraction of sp³-hybridized carbons (Fsp3) is 0.143. The Bertz CT molecular complexity index is 506. The second-order valence-electron chi connectivity index (χ2n) is 3.80. The molecule has 0 unspecified atom stereocenters. The third kappa shape index (κ3) is 3.33. The van der Waals surface area contributed by atoms with Crippen molar-refractivity contribution < 1.29 is 4.74 Å². The summed E-state index contributed by atoms with van der Waals surface area (Å²) in [6, 6.07) is 14.0. The van der Waals surface area contributed by atoms with Gasteiger partial charge in [-0.3, -0.25) is 0 Å². The molecule has 2 rings (SSSR count). The first-order valence-electron chi connectivity index (χ1n) is 5.28. The second-order valence-corrected chi connectivity index (χ2v) is 5.28. The number of benzene rings is 2. The van der Waals surface area contributed by atoms with E-state index in [4.69, 9.17) is 4.74 Å². The van der Waals surface area contributed by atoms with Crippen LogP contribution in [-0.4, -0.2) is 0 Å². The zero-order valence-corrected chi connectivity index (χ0v) is 12.6. The molecular formula is C14H12Br2O. The van der Waals surface area contributed by atoms with E-state index >= 15 is 0 Å². The van der Waals surface area contributed by atoms with Crippen molar-refractivity contribution in [1.82, 2.24) is 0 Å². The molecule has 0 radical (unpaired) electrons. The van der Waals surface area contributed by atoms with Crippen LogP contribution in [0.3, 0.4) is 0 Å². The van der Waals surface area contributed by atoms with Crippen molar-refractivity contribution in [3.8, 4) is 11.5 Å². The lowest BCUT2D eigenvalue weighted by atomic mass is 10.1. The van der Waals surface area contributed by atoms with Crippen LogP contribution in [0, 0.1) is 6.92 Å². The number of hydrogen-bond donors (Lipinski definition) is 0. The summed E-state index contributed by atoms with van der Waals surface area (Å²) >= 11 is 6.89. The van der Waals surface area contributed by atoms with Crippen molar-refractivity contribution in [3.63, 3.8) is 0 Å². The van der Waals surface area contributed by atoms with E-state index in [-0.39, 0.29) is 0 Å². The van der Waals surface area contributed by atoms with Crippen LogP contribution in [0.25, 0.3) is 0 Å². The topological polar surface area (TPSA) is 9.23 Å². The molecule has 0 aliphatic carbocycles. The van der Waals surface area contributed by atoms with Gasteiger partial charge in [-0.2, -0.15) is 0 Å². The highest BCUT2D eigenvalue weighted by atomic mass is 79.9. The van der Waals surface area contributed by atoms with Crippen molar-refractivity contribution in [2.45, 2.75) is 12.3 Å². The standard InChI is InChI=1S/C14H12Br2O/c1-10-2-7-14(11(8-10)9-15)17-13-5-3-12(16)4-6-13/h2-8H,9H2,1H3. The average molecular weight is 356 g/mol. The summed E-state index contributed by atoms with van der Waals surface area (Å²) in [4.78, 5) is 0. The molecule has 0 aromatic heterocycles. The van der Waals surface area contributed by atoms with E-state index < -0.39 is 0 Å². The summed E-state index contributed by atoms with van der Waals surface area (Å²) in [5.74, 6) is 1.74. The molecule has 0 fully saturated rings. The molecule has 0 saturated carbocycles. The molecule has 0 heterocycles. The van der Waals surface area contributed by atoms with Gasteiger partial charge >= 0.3 is 0 Å². The number of hydrogen-bond acceptors (Lipinski definition) is 1. The highest BCUT2D eigenvalue weighted by Crippen LogP contribution is 2.28. The molecule has 0 bridgehead atoms. The van der Waals surface area contributed by atoms with Gasteiger partial charge < -0.3 is 4.74 Å². The van der Waals surface area contributed by atoms with Crippen LogP contribution in [0.1, 0.15) is 11.1 Å². The smallest absolute Gasteiger partial charge is 0.131 e. The molecule has 0 aliphatic heterocycles. The summed E-state index contributed by atoms with van der Waals surface area (Å²) in [5.41, 5.74) is 2.40. The maximum absolute atomic E-state index is 5.86. The van der Waals surface area contributed by atoms with Crippen molar-refractivity contribution in [2.24, 2.45) is 0 Å². The Balaban J connectivity index is 2.26. The number of halogens is 2.